The Bertz CT molecular complexity index is 357. The molecule has 0 unspecified atom stereocenters. The minimum Gasteiger partial charge on any atom is -0.491 e. The molecule has 1 N–H and O–H groups in total. The molecule has 1 aromatic carbocycles. The highest BCUT2D eigenvalue weighted by Gasteiger charge is 1.96. The van der Waals surface area contributed by atoms with Crippen molar-refractivity contribution in [2.75, 3.05) is 13.1 Å². The summed E-state index contributed by atoms with van der Waals surface area (Å²) in [6, 6.07) is 7.88. The SMILES string of the molecule is CCNCC#Cc1ccc(OC(C)C)cc1. The highest BCUT2D eigenvalue weighted by atomic mass is 16.5. The minimum atomic E-state index is 0.214. The predicted octanol–water partition coefficient (Wildman–Crippen LogP) is 2.43. The third-order valence-corrected chi connectivity index (χ3v) is 1.92. The minimum absolute atomic E-state index is 0.214. The lowest BCUT2D eigenvalue weighted by Crippen LogP contribution is -2.11. The summed E-state index contributed by atoms with van der Waals surface area (Å²) in [6.45, 7) is 7.80. The van der Waals surface area contributed by atoms with E-state index in [4.69, 9.17) is 4.74 Å². The van der Waals surface area contributed by atoms with Crippen LogP contribution in [0.15, 0.2) is 24.3 Å². The Morgan fingerprint density at radius 3 is 2.50 bits per heavy atom. The Labute approximate surface area is 98.0 Å². The van der Waals surface area contributed by atoms with E-state index in [0.717, 1.165) is 24.4 Å². The summed E-state index contributed by atoms with van der Waals surface area (Å²) in [5.41, 5.74) is 1.02. The van der Waals surface area contributed by atoms with Crippen molar-refractivity contribution in [1.82, 2.24) is 5.32 Å². The number of hydrogen-bond acceptors (Lipinski definition) is 2. The molecule has 2 heteroatoms. The quantitative estimate of drug-likeness (QED) is 0.618. The first kappa shape index (κ1) is 12.6. The van der Waals surface area contributed by atoms with E-state index in [-0.39, 0.29) is 6.10 Å². The topological polar surface area (TPSA) is 21.3 Å². The Morgan fingerprint density at radius 2 is 1.94 bits per heavy atom. The largest absolute Gasteiger partial charge is 0.491 e. The van der Waals surface area contributed by atoms with Gasteiger partial charge in [0, 0.05) is 5.56 Å². The summed E-state index contributed by atoms with van der Waals surface area (Å²) in [7, 11) is 0. The van der Waals surface area contributed by atoms with Gasteiger partial charge in [0.25, 0.3) is 0 Å². The van der Waals surface area contributed by atoms with Gasteiger partial charge in [-0.25, -0.2) is 0 Å². The molecule has 0 aliphatic heterocycles. The highest BCUT2D eigenvalue weighted by Crippen LogP contribution is 2.12. The molecule has 86 valence electrons. The number of hydrogen-bond donors (Lipinski definition) is 1. The van der Waals surface area contributed by atoms with Crippen LogP contribution in [-0.4, -0.2) is 19.2 Å². The molecular weight excluding hydrogens is 198 g/mol. The summed E-state index contributed by atoms with van der Waals surface area (Å²) in [4.78, 5) is 0. The number of nitrogens with one attached hydrogen (secondary N) is 1. The molecule has 0 atom stereocenters. The van der Waals surface area contributed by atoms with Crippen molar-refractivity contribution in [1.29, 1.82) is 0 Å². The Morgan fingerprint density at radius 1 is 1.25 bits per heavy atom. The average molecular weight is 217 g/mol. The Hall–Kier alpha value is -1.46. The van der Waals surface area contributed by atoms with Crippen LogP contribution in [0.3, 0.4) is 0 Å². The molecule has 1 aromatic rings. The molecule has 2 nitrogen and oxygen atoms in total. The molecular formula is C14H19NO. The van der Waals surface area contributed by atoms with Gasteiger partial charge in [0.1, 0.15) is 5.75 Å². The summed E-state index contributed by atoms with van der Waals surface area (Å²) >= 11 is 0. The fourth-order valence-electron chi connectivity index (χ4n) is 1.22. The molecule has 0 saturated heterocycles. The van der Waals surface area contributed by atoms with Crippen LogP contribution >= 0.6 is 0 Å². The Kier molecular flexibility index (Phi) is 5.45. The molecule has 0 aliphatic rings. The van der Waals surface area contributed by atoms with Crippen LogP contribution in [0.1, 0.15) is 26.3 Å². The molecule has 0 aliphatic carbocycles. The van der Waals surface area contributed by atoms with Gasteiger partial charge < -0.3 is 10.1 Å². The monoisotopic (exact) mass is 217 g/mol. The first-order valence-electron chi connectivity index (χ1n) is 5.68. The van der Waals surface area contributed by atoms with Crippen molar-refractivity contribution in [2.24, 2.45) is 0 Å². The maximum absolute atomic E-state index is 5.55. The van der Waals surface area contributed by atoms with E-state index < -0.39 is 0 Å². The van der Waals surface area contributed by atoms with Gasteiger partial charge in [-0.15, -0.1) is 0 Å². The van der Waals surface area contributed by atoms with E-state index in [1.807, 2.05) is 38.1 Å². The Balaban J connectivity index is 2.53. The summed E-state index contributed by atoms with van der Waals surface area (Å²) in [5.74, 6) is 7.05. The van der Waals surface area contributed by atoms with Crippen molar-refractivity contribution in [3.05, 3.63) is 29.8 Å². The van der Waals surface area contributed by atoms with Crippen molar-refractivity contribution >= 4 is 0 Å². The van der Waals surface area contributed by atoms with Crippen LogP contribution in [0.4, 0.5) is 0 Å². The summed E-state index contributed by atoms with van der Waals surface area (Å²) in [6.07, 6.45) is 0.214. The lowest BCUT2D eigenvalue weighted by molar-refractivity contribution is 0.242. The van der Waals surface area contributed by atoms with Crippen molar-refractivity contribution < 1.29 is 4.74 Å². The second kappa shape index (κ2) is 6.92. The summed E-state index contributed by atoms with van der Waals surface area (Å²) < 4.78 is 5.55. The van der Waals surface area contributed by atoms with Gasteiger partial charge in [-0.3, -0.25) is 0 Å². The van der Waals surface area contributed by atoms with Crippen molar-refractivity contribution in [3.63, 3.8) is 0 Å². The molecule has 0 saturated carbocycles. The van der Waals surface area contributed by atoms with Crippen LogP contribution < -0.4 is 10.1 Å². The molecule has 0 fully saturated rings. The zero-order valence-electron chi connectivity index (χ0n) is 10.2. The van der Waals surface area contributed by atoms with E-state index in [9.17, 15) is 0 Å². The maximum atomic E-state index is 5.55. The molecule has 0 amide bonds. The molecule has 16 heavy (non-hydrogen) atoms. The normalized spacial score (nSPS) is 9.75. The fourth-order valence-corrected chi connectivity index (χ4v) is 1.22. The summed E-state index contributed by atoms with van der Waals surface area (Å²) in [5, 5.41) is 3.16. The van der Waals surface area contributed by atoms with Crippen molar-refractivity contribution in [3.8, 4) is 17.6 Å². The van der Waals surface area contributed by atoms with Gasteiger partial charge in [-0.05, 0) is 44.7 Å². The van der Waals surface area contributed by atoms with E-state index >= 15 is 0 Å². The van der Waals surface area contributed by atoms with E-state index in [0.29, 0.717) is 0 Å². The van der Waals surface area contributed by atoms with E-state index in [2.05, 4.69) is 24.1 Å². The maximum Gasteiger partial charge on any atom is 0.119 e. The average Bonchev–Trinajstić information content (AvgIpc) is 2.26. The zero-order valence-corrected chi connectivity index (χ0v) is 10.2. The van der Waals surface area contributed by atoms with Crippen LogP contribution in [0.25, 0.3) is 0 Å². The van der Waals surface area contributed by atoms with Crippen molar-refractivity contribution in [2.45, 2.75) is 26.9 Å². The van der Waals surface area contributed by atoms with Gasteiger partial charge >= 0.3 is 0 Å². The molecule has 0 aromatic heterocycles. The third kappa shape index (κ3) is 4.86. The fraction of sp³-hybridized carbons (Fsp3) is 0.429. The number of ether oxygens (including phenoxy) is 1. The molecule has 0 bridgehead atoms. The van der Waals surface area contributed by atoms with E-state index in [1.165, 1.54) is 0 Å². The smallest absolute Gasteiger partial charge is 0.119 e. The molecule has 0 spiro atoms. The lowest BCUT2D eigenvalue weighted by Gasteiger charge is -2.08. The standard InChI is InChI=1S/C14H19NO/c1-4-15-11-5-6-13-7-9-14(10-8-13)16-12(2)3/h7-10,12,15H,4,11H2,1-3H3. The van der Waals surface area contributed by atoms with E-state index in [1.54, 1.807) is 0 Å². The van der Waals surface area contributed by atoms with Crippen LogP contribution in [0.2, 0.25) is 0 Å². The molecule has 0 radical (unpaired) electrons. The number of benzene rings is 1. The molecule has 0 heterocycles. The first-order chi connectivity index (χ1) is 7.72. The van der Waals surface area contributed by atoms with Gasteiger partial charge in [0.05, 0.1) is 12.6 Å². The van der Waals surface area contributed by atoms with Gasteiger partial charge in [-0.2, -0.15) is 0 Å². The lowest BCUT2D eigenvalue weighted by atomic mass is 10.2. The second-order valence-corrected chi connectivity index (χ2v) is 3.77. The zero-order chi connectivity index (χ0) is 11.8. The van der Waals surface area contributed by atoms with Crippen LogP contribution in [0.5, 0.6) is 5.75 Å². The van der Waals surface area contributed by atoms with Gasteiger partial charge in [0.2, 0.25) is 0 Å². The first-order valence-corrected chi connectivity index (χ1v) is 5.68. The van der Waals surface area contributed by atoms with Crippen LogP contribution in [0, 0.1) is 11.8 Å². The highest BCUT2D eigenvalue weighted by molar-refractivity contribution is 5.38. The predicted molar refractivity (Wildman–Crippen MR) is 67.6 cm³/mol. The number of rotatable bonds is 4. The molecule has 1 rings (SSSR count). The second-order valence-electron chi connectivity index (χ2n) is 3.77. The van der Waals surface area contributed by atoms with Gasteiger partial charge in [-0.1, -0.05) is 18.8 Å². The van der Waals surface area contributed by atoms with Crippen LogP contribution in [-0.2, 0) is 0 Å². The van der Waals surface area contributed by atoms with Gasteiger partial charge in [0.15, 0.2) is 0 Å². The third-order valence-electron chi connectivity index (χ3n) is 1.92.